The van der Waals surface area contributed by atoms with E-state index in [2.05, 4.69) is 5.16 Å². The largest absolute Gasteiger partial charge is 0.456 e. The fourth-order valence-corrected chi connectivity index (χ4v) is 3.40. The SMILES string of the molecule is Cc1cc(COC(=O)/C=C/c2cn(-c3ccccc3)nc2-c2cccs2)no1. The molecule has 0 atom stereocenters. The van der Waals surface area contributed by atoms with Crippen LogP contribution in [-0.2, 0) is 16.1 Å². The van der Waals surface area contributed by atoms with E-state index < -0.39 is 5.97 Å². The van der Waals surface area contributed by atoms with Crippen molar-refractivity contribution in [1.82, 2.24) is 14.9 Å². The van der Waals surface area contributed by atoms with E-state index in [4.69, 9.17) is 14.4 Å². The molecule has 4 aromatic rings. The molecule has 0 N–H and O–H groups in total. The predicted molar refractivity (Wildman–Crippen MR) is 107 cm³/mol. The van der Waals surface area contributed by atoms with Crippen molar-refractivity contribution >= 4 is 23.4 Å². The molecule has 3 heterocycles. The number of para-hydroxylation sites is 1. The zero-order valence-corrected chi connectivity index (χ0v) is 15.9. The molecule has 1 aromatic carbocycles. The summed E-state index contributed by atoms with van der Waals surface area (Å²) in [6.45, 7) is 1.86. The van der Waals surface area contributed by atoms with Crippen molar-refractivity contribution in [2.24, 2.45) is 0 Å². The topological polar surface area (TPSA) is 70.2 Å². The minimum atomic E-state index is -0.453. The van der Waals surface area contributed by atoms with Crippen LogP contribution < -0.4 is 0 Å². The number of benzene rings is 1. The molecular weight excluding hydrogens is 374 g/mol. The molecule has 0 spiro atoms. The number of esters is 1. The minimum absolute atomic E-state index is 0.0710. The van der Waals surface area contributed by atoms with E-state index >= 15 is 0 Å². The Labute approximate surface area is 165 Å². The highest BCUT2D eigenvalue weighted by atomic mass is 32.1. The summed E-state index contributed by atoms with van der Waals surface area (Å²) in [7, 11) is 0. The van der Waals surface area contributed by atoms with Gasteiger partial charge in [-0.05, 0) is 36.6 Å². The first-order valence-corrected chi connectivity index (χ1v) is 9.53. The van der Waals surface area contributed by atoms with Gasteiger partial charge in [0.25, 0.3) is 0 Å². The standard InChI is InChI=1S/C21H17N3O3S/c1-15-12-17(23-27-15)14-26-20(25)10-9-16-13-24(18-6-3-2-4-7-18)22-21(16)19-8-5-11-28-19/h2-13H,14H2,1H3/b10-9+. The first-order chi connectivity index (χ1) is 13.7. The lowest BCUT2D eigenvalue weighted by Gasteiger charge is -1.99. The van der Waals surface area contributed by atoms with Gasteiger partial charge in [0, 0.05) is 23.9 Å². The van der Waals surface area contributed by atoms with Gasteiger partial charge >= 0.3 is 5.97 Å². The van der Waals surface area contributed by atoms with Crippen LogP contribution in [0.2, 0.25) is 0 Å². The number of aromatic nitrogens is 3. The van der Waals surface area contributed by atoms with Crippen LogP contribution in [0.1, 0.15) is 17.0 Å². The normalized spacial score (nSPS) is 11.2. The van der Waals surface area contributed by atoms with Gasteiger partial charge in [0.05, 0.1) is 10.6 Å². The van der Waals surface area contributed by atoms with Gasteiger partial charge in [-0.15, -0.1) is 11.3 Å². The molecule has 6 nitrogen and oxygen atoms in total. The van der Waals surface area contributed by atoms with Crippen LogP contribution in [-0.4, -0.2) is 20.9 Å². The molecular formula is C21H17N3O3S. The van der Waals surface area contributed by atoms with E-state index in [1.807, 2.05) is 54.0 Å². The lowest BCUT2D eigenvalue weighted by Crippen LogP contribution is -2.00. The monoisotopic (exact) mass is 391 g/mol. The van der Waals surface area contributed by atoms with Gasteiger partial charge < -0.3 is 9.26 Å². The van der Waals surface area contributed by atoms with E-state index in [0.29, 0.717) is 11.5 Å². The Hall–Kier alpha value is -3.45. The van der Waals surface area contributed by atoms with Crippen molar-refractivity contribution < 1.29 is 14.1 Å². The van der Waals surface area contributed by atoms with E-state index in [1.165, 1.54) is 6.08 Å². The maximum Gasteiger partial charge on any atom is 0.331 e. The minimum Gasteiger partial charge on any atom is -0.456 e. The fraction of sp³-hybridized carbons (Fsp3) is 0.0952. The lowest BCUT2D eigenvalue weighted by molar-refractivity contribution is -0.139. The van der Waals surface area contributed by atoms with Crippen molar-refractivity contribution in [2.45, 2.75) is 13.5 Å². The first-order valence-electron chi connectivity index (χ1n) is 8.65. The zero-order valence-electron chi connectivity index (χ0n) is 15.1. The highest BCUT2D eigenvalue weighted by Gasteiger charge is 2.12. The molecule has 0 aliphatic carbocycles. The smallest absolute Gasteiger partial charge is 0.331 e. The molecule has 0 amide bonds. The maximum atomic E-state index is 12.1. The van der Waals surface area contributed by atoms with Crippen LogP contribution in [0.4, 0.5) is 0 Å². The van der Waals surface area contributed by atoms with Crippen LogP contribution >= 0.6 is 11.3 Å². The van der Waals surface area contributed by atoms with E-state index in [-0.39, 0.29) is 6.61 Å². The van der Waals surface area contributed by atoms with Gasteiger partial charge in [-0.3, -0.25) is 0 Å². The average Bonchev–Trinajstić information content (AvgIpc) is 3.46. The summed E-state index contributed by atoms with van der Waals surface area (Å²) in [6.07, 6.45) is 5.02. The molecule has 3 aromatic heterocycles. The Morgan fingerprint density at radius 2 is 2.11 bits per heavy atom. The van der Waals surface area contributed by atoms with Crippen LogP contribution in [0.5, 0.6) is 0 Å². The molecule has 140 valence electrons. The third kappa shape index (κ3) is 4.10. The number of hydrogen-bond acceptors (Lipinski definition) is 6. The van der Waals surface area contributed by atoms with E-state index in [1.54, 1.807) is 35.1 Å². The van der Waals surface area contributed by atoms with Crippen LogP contribution in [0.15, 0.2) is 70.7 Å². The Bertz CT molecular complexity index is 1100. The maximum absolute atomic E-state index is 12.1. The summed E-state index contributed by atoms with van der Waals surface area (Å²) >= 11 is 1.60. The van der Waals surface area contributed by atoms with E-state index in [0.717, 1.165) is 21.8 Å². The van der Waals surface area contributed by atoms with Crippen LogP contribution in [0.25, 0.3) is 22.3 Å². The number of aryl methyl sites for hydroxylation is 1. The third-order valence-electron chi connectivity index (χ3n) is 3.96. The number of carbonyl (C=O) groups excluding carboxylic acids is 1. The van der Waals surface area contributed by atoms with Crippen LogP contribution in [0.3, 0.4) is 0 Å². The summed E-state index contributed by atoms with van der Waals surface area (Å²) < 4.78 is 12.0. The molecule has 0 aliphatic heterocycles. The number of thiophene rings is 1. The molecule has 0 unspecified atom stereocenters. The Morgan fingerprint density at radius 1 is 1.25 bits per heavy atom. The Kier molecular flexibility index (Phi) is 5.16. The van der Waals surface area contributed by atoms with Crippen molar-refractivity contribution in [2.75, 3.05) is 0 Å². The fourth-order valence-electron chi connectivity index (χ4n) is 2.66. The second kappa shape index (κ2) is 8.06. The van der Waals surface area contributed by atoms with Gasteiger partial charge in [-0.2, -0.15) is 5.10 Å². The summed E-state index contributed by atoms with van der Waals surface area (Å²) in [4.78, 5) is 13.1. The second-order valence-corrected chi connectivity index (χ2v) is 7.01. The number of ether oxygens (including phenoxy) is 1. The molecule has 0 aliphatic rings. The number of nitrogens with zero attached hydrogens (tertiary/aromatic N) is 3. The summed E-state index contributed by atoms with van der Waals surface area (Å²) in [5, 5.41) is 10.5. The number of hydrogen-bond donors (Lipinski definition) is 0. The summed E-state index contributed by atoms with van der Waals surface area (Å²) in [6, 6.07) is 15.5. The molecule has 28 heavy (non-hydrogen) atoms. The van der Waals surface area contributed by atoms with Gasteiger partial charge in [-0.25, -0.2) is 9.48 Å². The highest BCUT2D eigenvalue weighted by molar-refractivity contribution is 7.13. The van der Waals surface area contributed by atoms with Crippen LogP contribution in [0, 0.1) is 6.92 Å². The number of carbonyl (C=O) groups is 1. The number of rotatable bonds is 6. The summed E-state index contributed by atoms with van der Waals surface area (Å²) in [5.74, 6) is 0.223. The lowest BCUT2D eigenvalue weighted by atomic mass is 10.2. The molecule has 0 bridgehead atoms. The Morgan fingerprint density at radius 3 is 2.82 bits per heavy atom. The first kappa shape index (κ1) is 17.9. The van der Waals surface area contributed by atoms with Gasteiger partial charge in [0.1, 0.15) is 23.8 Å². The zero-order chi connectivity index (χ0) is 19.3. The van der Waals surface area contributed by atoms with Gasteiger partial charge in [-0.1, -0.05) is 29.4 Å². The molecule has 0 saturated heterocycles. The average molecular weight is 391 g/mol. The van der Waals surface area contributed by atoms with Gasteiger partial charge in [0.2, 0.25) is 0 Å². The molecule has 0 fully saturated rings. The molecule has 4 rings (SSSR count). The summed E-state index contributed by atoms with van der Waals surface area (Å²) in [5.41, 5.74) is 3.18. The molecule has 7 heteroatoms. The third-order valence-corrected chi connectivity index (χ3v) is 4.83. The molecule has 0 saturated carbocycles. The van der Waals surface area contributed by atoms with Crippen molar-refractivity contribution in [3.63, 3.8) is 0 Å². The predicted octanol–water partition coefficient (Wildman–Crippen LogP) is 4.65. The quantitative estimate of drug-likeness (QED) is 0.353. The van der Waals surface area contributed by atoms with Crippen molar-refractivity contribution in [3.8, 4) is 16.3 Å². The van der Waals surface area contributed by atoms with E-state index in [9.17, 15) is 4.79 Å². The van der Waals surface area contributed by atoms with Gasteiger partial charge in [0.15, 0.2) is 0 Å². The Balaban J connectivity index is 1.55. The van der Waals surface area contributed by atoms with Crippen molar-refractivity contribution in [3.05, 3.63) is 83.2 Å². The highest BCUT2D eigenvalue weighted by Crippen LogP contribution is 2.28. The molecule has 0 radical (unpaired) electrons. The second-order valence-electron chi connectivity index (χ2n) is 6.06. The van der Waals surface area contributed by atoms with Crippen molar-refractivity contribution in [1.29, 1.82) is 0 Å².